The summed E-state index contributed by atoms with van der Waals surface area (Å²) in [6, 6.07) is 0. The van der Waals surface area contributed by atoms with Crippen LogP contribution in [-0.2, 0) is 33.3 Å². The first-order valence-electron chi connectivity index (χ1n) is 33.3. The summed E-state index contributed by atoms with van der Waals surface area (Å²) >= 11 is 0. The summed E-state index contributed by atoms with van der Waals surface area (Å²) < 4.78 is 22.9. The van der Waals surface area contributed by atoms with Crippen molar-refractivity contribution in [3.63, 3.8) is 0 Å². The molecule has 2 unspecified atom stereocenters. The molecule has 0 bridgehead atoms. The average molecular weight is 1160 g/mol. The third kappa shape index (κ3) is 64.8. The predicted octanol–water partition coefficient (Wildman–Crippen LogP) is 20.6. The van der Waals surface area contributed by atoms with Crippen LogP contribution in [0.5, 0.6) is 0 Å². The SMILES string of the molecule is CC/C=C\C/C=C\C/C=C\C/C=C\C/C=C\C/C=C\C/C=C\C/C=C\C/C=C\CCCC(=O)OC(COC(=O)CCCCCCCCCCCCCCCCCCC/C=C\C/C=C\CCCCCCC)COC(OCC[N+](C)(C)C)C(=O)O. The number of aliphatic carboxylic acids is 1. The largest absolute Gasteiger partial charge is 0.477 e. The molecule has 0 fully saturated rings. The number of esters is 2. The quantitative estimate of drug-likeness (QED) is 0.0211. The summed E-state index contributed by atoms with van der Waals surface area (Å²) in [5, 5.41) is 9.73. The lowest BCUT2D eigenvalue weighted by Gasteiger charge is -2.25. The summed E-state index contributed by atoms with van der Waals surface area (Å²) in [5.41, 5.74) is 0. The van der Waals surface area contributed by atoms with E-state index in [1.54, 1.807) is 0 Å². The van der Waals surface area contributed by atoms with Crippen molar-refractivity contribution in [3.8, 4) is 0 Å². The van der Waals surface area contributed by atoms with E-state index < -0.39 is 24.3 Å². The van der Waals surface area contributed by atoms with Gasteiger partial charge in [-0.05, 0) is 109 Å². The Morgan fingerprint density at radius 2 is 0.699 bits per heavy atom. The Morgan fingerprint density at radius 1 is 0.373 bits per heavy atom. The van der Waals surface area contributed by atoms with E-state index >= 15 is 0 Å². The first-order valence-corrected chi connectivity index (χ1v) is 33.3. The number of rotatable bonds is 60. The Kier molecular flexibility index (Phi) is 60.0. The maximum atomic E-state index is 12.9. The fourth-order valence-corrected chi connectivity index (χ4v) is 8.81. The van der Waals surface area contributed by atoms with Crippen molar-refractivity contribution >= 4 is 17.9 Å². The third-order valence-electron chi connectivity index (χ3n) is 13.9. The second kappa shape index (κ2) is 63.5. The van der Waals surface area contributed by atoms with Crippen molar-refractivity contribution in [2.45, 2.75) is 270 Å². The molecular weight excluding hydrogens is 1030 g/mol. The molecule has 0 saturated carbocycles. The Balaban J connectivity index is 4.28. The third-order valence-corrected chi connectivity index (χ3v) is 13.9. The van der Waals surface area contributed by atoms with Crippen LogP contribution in [0, 0.1) is 0 Å². The summed E-state index contributed by atoms with van der Waals surface area (Å²) in [5.74, 6) is -2.09. The van der Waals surface area contributed by atoms with E-state index in [1.165, 1.54) is 135 Å². The highest BCUT2D eigenvalue weighted by Crippen LogP contribution is 2.16. The van der Waals surface area contributed by atoms with Crippen LogP contribution in [0.2, 0.25) is 0 Å². The predicted molar refractivity (Wildman–Crippen MR) is 354 cm³/mol. The minimum Gasteiger partial charge on any atom is -0.477 e. The van der Waals surface area contributed by atoms with Crippen LogP contribution < -0.4 is 0 Å². The lowest BCUT2D eigenvalue weighted by Crippen LogP contribution is -2.40. The van der Waals surface area contributed by atoms with Gasteiger partial charge in [0.1, 0.15) is 13.2 Å². The number of likely N-dealkylation sites (N-methyl/N-ethyl adjacent to an activating group) is 1. The van der Waals surface area contributed by atoms with Gasteiger partial charge in [-0.15, -0.1) is 0 Å². The molecule has 0 aromatic heterocycles. The second-order valence-corrected chi connectivity index (χ2v) is 23.0. The molecule has 1 N–H and O–H groups in total. The lowest BCUT2D eigenvalue weighted by atomic mass is 10.0. The number of unbranched alkanes of at least 4 members (excludes halogenated alkanes) is 23. The van der Waals surface area contributed by atoms with Gasteiger partial charge in [0.2, 0.25) is 0 Å². The number of hydrogen-bond acceptors (Lipinski definition) is 7. The number of carbonyl (C=O) groups excluding carboxylic acids is 2. The molecule has 0 spiro atoms. The molecule has 83 heavy (non-hydrogen) atoms. The van der Waals surface area contributed by atoms with E-state index in [4.69, 9.17) is 18.9 Å². The molecule has 0 amide bonds. The van der Waals surface area contributed by atoms with Crippen LogP contribution in [-0.4, -0.2) is 87.4 Å². The smallest absolute Gasteiger partial charge is 0.361 e. The fraction of sp³-hybridized carbons (Fsp3) is 0.662. The number of nitrogens with zero attached hydrogens (tertiary/aromatic N) is 1. The van der Waals surface area contributed by atoms with Crippen molar-refractivity contribution in [1.29, 1.82) is 0 Å². The Labute approximate surface area is 509 Å². The molecule has 0 rings (SSSR count). The Hall–Kier alpha value is -4.57. The highest BCUT2D eigenvalue weighted by Gasteiger charge is 2.25. The maximum absolute atomic E-state index is 12.9. The monoisotopic (exact) mass is 1150 g/mol. The number of quaternary nitrogens is 1. The van der Waals surface area contributed by atoms with Crippen LogP contribution >= 0.6 is 0 Å². The number of allylic oxidation sites excluding steroid dienone is 22. The number of carboxylic acids is 1. The molecule has 0 aromatic rings. The van der Waals surface area contributed by atoms with Gasteiger partial charge < -0.3 is 28.5 Å². The van der Waals surface area contributed by atoms with Crippen molar-refractivity contribution in [2.75, 3.05) is 47.5 Å². The average Bonchev–Trinajstić information content (AvgIpc) is 3.46. The minimum atomic E-state index is -1.53. The molecule has 0 aliphatic carbocycles. The summed E-state index contributed by atoms with van der Waals surface area (Å²) in [6.45, 7) is 4.69. The van der Waals surface area contributed by atoms with Gasteiger partial charge in [-0.3, -0.25) is 9.59 Å². The molecule has 9 heteroatoms. The van der Waals surface area contributed by atoms with E-state index in [1.807, 2.05) is 21.1 Å². The minimum absolute atomic E-state index is 0.170. The molecule has 0 aliphatic heterocycles. The molecule has 2 atom stereocenters. The second-order valence-electron chi connectivity index (χ2n) is 23.0. The zero-order valence-corrected chi connectivity index (χ0v) is 53.8. The van der Waals surface area contributed by atoms with Gasteiger partial charge in [0.05, 0.1) is 34.4 Å². The highest BCUT2D eigenvalue weighted by atomic mass is 16.7. The van der Waals surface area contributed by atoms with E-state index in [0.29, 0.717) is 23.9 Å². The molecule has 0 aliphatic rings. The van der Waals surface area contributed by atoms with Crippen LogP contribution in [0.15, 0.2) is 134 Å². The van der Waals surface area contributed by atoms with E-state index in [-0.39, 0.29) is 38.6 Å². The van der Waals surface area contributed by atoms with Crippen molar-refractivity contribution in [2.24, 2.45) is 0 Å². The zero-order valence-electron chi connectivity index (χ0n) is 53.8. The van der Waals surface area contributed by atoms with Gasteiger partial charge in [0.15, 0.2) is 6.10 Å². The van der Waals surface area contributed by atoms with Gasteiger partial charge in [-0.2, -0.15) is 0 Å². The normalized spacial score (nSPS) is 13.6. The standard InChI is InChI=1S/C74H123NO8/c1-6-8-10-12-14-16-18-20-22-24-26-28-30-32-34-36-38-40-42-44-46-48-50-52-54-56-58-60-62-64-71(76)81-68-70(69-82-74(73(78)79)80-67-66-75(3,4)5)83-72(77)65-63-61-59-57-55-53-51-49-47-45-43-41-39-37-35-33-31-29-27-25-23-21-19-17-15-13-11-9-7-2/h9,11,15,17-18,20-21,23-24,26-27,29,33,35,39,41,45,47,51,53,57,59,70,74H,6-8,10,12-14,16,19,22,25,28,30-32,34,36-38,40,42-44,46,48-50,52,54-56,58,60-69H2,1-5H3/p+1/b11-9-,17-15-,20-18-,23-21-,26-24-,29-27-,35-33-,41-39-,47-45-,53-51-,59-57-. The molecule has 0 saturated heterocycles. The maximum Gasteiger partial charge on any atom is 0.361 e. The number of hydrogen-bond donors (Lipinski definition) is 1. The molecular formula is C74H124NO8+. The van der Waals surface area contributed by atoms with Gasteiger partial charge in [-0.1, -0.05) is 270 Å². The van der Waals surface area contributed by atoms with E-state index in [2.05, 4.69) is 148 Å². The number of carbonyl (C=O) groups is 3. The lowest BCUT2D eigenvalue weighted by molar-refractivity contribution is -0.870. The number of carboxylic acid groups (broad SMARTS) is 1. The van der Waals surface area contributed by atoms with Crippen molar-refractivity contribution in [1.82, 2.24) is 0 Å². The summed E-state index contributed by atoms with van der Waals surface area (Å²) in [7, 11) is 5.95. The van der Waals surface area contributed by atoms with Crippen LogP contribution in [0.3, 0.4) is 0 Å². The van der Waals surface area contributed by atoms with Crippen LogP contribution in [0.4, 0.5) is 0 Å². The van der Waals surface area contributed by atoms with E-state index in [0.717, 1.165) is 83.5 Å². The Morgan fingerprint density at radius 3 is 1.06 bits per heavy atom. The van der Waals surface area contributed by atoms with Crippen molar-refractivity contribution < 1.29 is 42.9 Å². The summed E-state index contributed by atoms with van der Waals surface area (Å²) in [6.07, 6.45) is 88.5. The topological polar surface area (TPSA) is 108 Å². The first kappa shape index (κ1) is 78.4. The van der Waals surface area contributed by atoms with Gasteiger partial charge in [0, 0.05) is 12.8 Å². The van der Waals surface area contributed by atoms with Gasteiger partial charge in [0.25, 0.3) is 6.29 Å². The van der Waals surface area contributed by atoms with Crippen LogP contribution in [0.25, 0.3) is 0 Å². The van der Waals surface area contributed by atoms with Gasteiger partial charge in [-0.25, -0.2) is 4.79 Å². The first-order chi connectivity index (χ1) is 40.6. The van der Waals surface area contributed by atoms with Crippen molar-refractivity contribution in [3.05, 3.63) is 134 Å². The molecule has 0 aromatic carbocycles. The molecule has 472 valence electrons. The van der Waals surface area contributed by atoms with Crippen LogP contribution in [0.1, 0.15) is 258 Å². The highest BCUT2D eigenvalue weighted by molar-refractivity contribution is 5.71. The number of ether oxygens (including phenoxy) is 4. The Bertz CT molecular complexity index is 1820. The van der Waals surface area contributed by atoms with Gasteiger partial charge >= 0.3 is 17.9 Å². The summed E-state index contributed by atoms with van der Waals surface area (Å²) in [4.78, 5) is 37.5. The molecule has 0 heterocycles. The molecule has 0 radical (unpaired) electrons. The van der Waals surface area contributed by atoms with E-state index in [9.17, 15) is 19.5 Å². The zero-order chi connectivity index (χ0) is 60.5. The molecule has 9 nitrogen and oxygen atoms in total. The fourth-order valence-electron chi connectivity index (χ4n) is 8.81.